The van der Waals surface area contributed by atoms with Gasteiger partial charge in [0.15, 0.2) is 5.58 Å². The molecule has 0 spiro atoms. The summed E-state index contributed by atoms with van der Waals surface area (Å²) in [6.45, 7) is 0.855. The van der Waals surface area contributed by atoms with E-state index in [0.29, 0.717) is 35.6 Å². The fourth-order valence-corrected chi connectivity index (χ4v) is 2.52. The zero-order valence-corrected chi connectivity index (χ0v) is 10.6. The minimum atomic E-state index is -0.432. The molecule has 1 aromatic carbocycles. The number of hydrogen-bond donors (Lipinski definition) is 2. The van der Waals surface area contributed by atoms with Crippen LogP contribution in [0.15, 0.2) is 27.4 Å². The van der Waals surface area contributed by atoms with Crippen molar-refractivity contribution in [1.82, 2.24) is 4.98 Å². The fraction of sp³-hybridized carbons (Fsp3) is 0.429. The molecule has 1 aromatic heterocycles. The lowest BCUT2D eigenvalue weighted by Crippen LogP contribution is -2.20. The Balaban J connectivity index is 1.64. The van der Waals surface area contributed by atoms with Gasteiger partial charge in [0, 0.05) is 31.1 Å². The minimum absolute atomic E-state index is 0.381. The average molecular weight is 260 g/mol. The van der Waals surface area contributed by atoms with Crippen molar-refractivity contribution in [3.8, 4) is 0 Å². The Kier molecular flexibility index (Phi) is 3.11. The van der Waals surface area contributed by atoms with Crippen molar-refractivity contribution in [3.05, 3.63) is 28.7 Å². The van der Waals surface area contributed by atoms with Crippen molar-refractivity contribution >= 4 is 22.6 Å². The number of Topliss-reactive ketones (excluding diaryl/α,β-unsaturated/α-hetero) is 1. The van der Waals surface area contributed by atoms with Gasteiger partial charge in [-0.3, -0.25) is 9.78 Å². The Bertz CT molecular complexity index is 646. The van der Waals surface area contributed by atoms with Crippen LogP contribution in [0, 0.1) is 5.92 Å². The third kappa shape index (κ3) is 2.70. The Hall–Kier alpha value is -2.04. The summed E-state index contributed by atoms with van der Waals surface area (Å²) >= 11 is 0. The summed E-state index contributed by atoms with van der Waals surface area (Å²) in [4.78, 5) is 24.8. The molecule has 5 heteroatoms. The molecule has 1 heterocycles. The molecule has 0 saturated heterocycles. The van der Waals surface area contributed by atoms with Crippen molar-refractivity contribution in [2.75, 3.05) is 11.9 Å². The quantitative estimate of drug-likeness (QED) is 0.887. The van der Waals surface area contributed by atoms with Crippen molar-refractivity contribution in [3.63, 3.8) is 0 Å². The molecular weight excluding hydrogens is 244 g/mol. The maximum Gasteiger partial charge on any atom is 0.417 e. The lowest BCUT2D eigenvalue weighted by Gasteiger charge is -2.21. The summed E-state index contributed by atoms with van der Waals surface area (Å²) in [5.74, 6) is 0.497. The first-order valence-corrected chi connectivity index (χ1v) is 6.59. The highest BCUT2D eigenvalue weighted by Crippen LogP contribution is 2.23. The van der Waals surface area contributed by atoms with E-state index >= 15 is 0 Å². The molecule has 1 fully saturated rings. The topological polar surface area (TPSA) is 75.1 Å². The van der Waals surface area contributed by atoms with E-state index in [9.17, 15) is 9.59 Å². The number of ketones is 1. The van der Waals surface area contributed by atoms with Crippen molar-refractivity contribution in [2.45, 2.75) is 25.7 Å². The predicted octanol–water partition coefficient (Wildman–Crippen LogP) is 2.29. The van der Waals surface area contributed by atoms with Crippen LogP contribution in [0.2, 0.25) is 0 Å². The zero-order chi connectivity index (χ0) is 13.2. The van der Waals surface area contributed by atoms with Crippen LogP contribution in [0.3, 0.4) is 0 Å². The normalized spacial score (nSPS) is 16.9. The predicted molar refractivity (Wildman–Crippen MR) is 72.3 cm³/mol. The standard InChI is InChI=1S/C14H16N2O3/c17-11-4-1-9(2-5-11)8-15-10-3-6-12-13(7-10)19-14(18)16-12/h3,6-7,9,15H,1-2,4-5,8H2,(H,16,18). The van der Waals surface area contributed by atoms with Gasteiger partial charge in [0.05, 0.1) is 5.52 Å². The van der Waals surface area contributed by atoms with Gasteiger partial charge in [-0.15, -0.1) is 0 Å². The second-order valence-electron chi connectivity index (χ2n) is 5.09. The molecule has 1 saturated carbocycles. The number of aromatic nitrogens is 1. The Morgan fingerprint density at radius 2 is 2.05 bits per heavy atom. The Labute approximate surface area is 110 Å². The van der Waals surface area contributed by atoms with Gasteiger partial charge in [-0.05, 0) is 30.9 Å². The average Bonchev–Trinajstić information content (AvgIpc) is 2.77. The molecule has 100 valence electrons. The molecule has 3 rings (SSSR count). The fourth-order valence-electron chi connectivity index (χ4n) is 2.52. The number of rotatable bonds is 3. The lowest BCUT2D eigenvalue weighted by molar-refractivity contribution is -0.120. The highest BCUT2D eigenvalue weighted by Gasteiger charge is 2.18. The second-order valence-corrected chi connectivity index (χ2v) is 5.09. The molecule has 2 aromatic rings. The zero-order valence-electron chi connectivity index (χ0n) is 10.6. The van der Waals surface area contributed by atoms with E-state index in [0.717, 1.165) is 25.1 Å². The van der Waals surface area contributed by atoms with Gasteiger partial charge >= 0.3 is 5.76 Å². The Morgan fingerprint density at radius 1 is 1.26 bits per heavy atom. The van der Waals surface area contributed by atoms with E-state index in [2.05, 4.69) is 10.3 Å². The molecule has 0 amide bonds. The number of benzene rings is 1. The largest absolute Gasteiger partial charge is 0.417 e. The van der Waals surface area contributed by atoms with Crippen LogP contribution >= 0.6 is 0 Å². The van der Waals surface area contributed by atoms with E-state index in [1.165, 1.54) is 0 Å². The van der Waals surface area contributed by atoms with Crippen LogP contribution in [0.25, 0.3) is 11.1 Å². The molecule has 0 radical (unpaired) electrons. The lowest BCUT2D eigenvalue weighted by atomic mass is 9.88. The molecule has 19 heavy (non-hydrogen) atoms. The summed E-state index contributed by atoms with van der Waals surface area (Å²) in [7, 11) is 0. The number of oxazole rings is 1. The van der Waals surface area contributed by atoms with Gasteiger partial charge < -0.3 is 9.73 Å². The number of hydrogen-bond acceptors (Lipinski definition) is 4. The van der Waals surface area contributed by atoms with Crippen molar-refractivity contribution < 1.29 is 9.21 Å². The highest BCUT2D eigenvalue weighted by molar-refractivity contribution is 5.79. The van der Waals surface area contributed by atoms with Crippen LogP contribution in [-0.4, -0.2) is 17.3 Å². The molecule has 0 unspecified atom stereocenters. The van der Waals surface area contributed by atoms with Crippen LogP contribution < -0.4 is 11.1 Å². The molecule has 0 bridgehead atoms. The summed E-state index contributed by atoms with van der Waals surface area (Å²) in [6.07, 6.45) is 3.34. The van der Waals surface area contributed by atoms with Gasteiger partial charge in [-0.2, -0.15) is 0 Å². The maximum atomic E-state index is 11.2. The summed E-state index contributed by atoms with van der Waals surface area (Å²) in [6, 6.07) is 5.57. The molecule has 1 aliphatic carbocycles. The molecule has 2 N–H and O–H groups in total. The Morgan fingerprint density at radius 3 is 2.84 bits per heavy atom. The first-order valence-electron chi connectivity index (χ1n) is 6.59. The number of carbonyl (C=O) groups is 1. The van der Waals surface area contributed by atoms with Gasteiger partial charge in [-0.25, -0.2) is 4.79 Å². The van der Waals surface area contributed by atoms with Gasteiger partial charge in [0.1, 0.15) is 5.78 Å². The summed E-state index contributed by atoms with van der Waals surface area (Å²) in [5.41, 5.74) is 2.21. The molecule has 5 nitrogen and oxygen atoms in total. The van der Waals surface area contributed by atoms with Gasteiger partial charge in [-0.1, -0.05) is 0 Å². The van der Waals surface area contributed by atoms with Crippen LogP contribution in [0.5, 0.6) is 0 Å². The maximum absolute atomic E-state index is 11.2. The first-order chi connectivity index (χ1) is 9.20. The van der Waals surface area contributed by atoms with Crippen LogP contribution in [0.1, 0.15) is 25.7 Å². The number of aromatic amines is 1. The number of H-pyrrole nitrogens is 1. The summed E-state index contributed by atoms with van der Waals surface area (Å²) in [5, 5.41) is 3.34. The monoisotopic (exact) mass is 260 g/mol. The number of nitrogens with one attached hydrogen (secondary N) is 2. The third-order valence-electron chi connectivity index (χ3n) is 3.68. The third-order valence-corrected chi connectivity index (χ3v) is 3.68. The molecule has 0 aliphatic heterocycles. The smallest absolute Gasteiger partial charge is 0.408 e. The number of carbonyl (C=O) groups excluding carboxylic acids is 1. The minimum Gasteiger partial charge on any atom is -0.408 e. The summed E-state index contributed by atoms with van der Waals surface area (Å²) < 4.78 is 5.02. The highest BCUT2D eigenvalue weighted by atomic mass is 16.4. The van der Waals surface area contributed by atoms with Crippen LogP contribution in [-0.2, 0) is 4.79 Å². The van der Waals surface area contributed by atoms with Crippen molar-refractivity contribution in [2.24, 2.45) is 5.92 Å². The van der Waals surface area contributed by atoms with Crippen molar-refractivity contribution in [1.29, 1.82) is 0 Å². The van der Waals surface area contributed by atoms with E-state index in [1.807, 2.05) is 18.2 Å². The molecule has 1 aliphatic rings. The van der Waals surface area contributed by atoms with E-state index in [1.54, 1.807) is 0 Å². The van der Waals surface area contributed by atoms with E-state index in [4.69, 9.17) is 4.42 Å². The van der Waals surface area contributed by atoms with Gasteiger partial charge in [0.2, 0.25) is 0 Å². The van der Waals surface area contributed by atoms with Crippen LogP contribution in [0.4, 0.5) is 5.69 Å². The van der Waals surface area contributed by atoms with Gasteiger partial charge in [0.25, 0.3) is 0 Å². The second kappa shape index (κ2) is 4.91. The first kappa shape index (κ1) is 12.0. The molecule has 0 atom stereocenters. The van der Waals surface area contributed by atoms with E-state index < -0.39 is 5.76 Å². The molecular formula is C14H16N2O3. The number of anilines is 1. The SMILES string of the molecule is O=C1CCC(CNc2ccc3[nH]c(=O)oc3c2)CC1. The van der Waals surface area contributed by atoms with E-state index in [-0.39, 0.29) is 0 Å². The number of fused-ring (bicyclic) bond motifs is 1.